The standard InChI is InChI=1S/C27H25N3O3S/c1-2-33-25(31)17-19-11-13-21(14-12-19)28-27(32)30-18-20-7-3-4-8-22(20)29-15-5-9-23(29)26(30)24-10-6-16-34-24/h3-16,26H,2,17-18H2,1H3,(H,28,32). The van der Waals surface area contributed by atoms with E-state index in [1.165, 1.54) is 0 Å². The summed E-state index contributed by atoms with van der Waals surface area (Å²) in [5, 5.41) is 5.10. The molecule has 2 aromatic carbocycles. The highest BCUT2D eigenvalue weighted by Crippen LogP contribution is 2.38. The van der Waals surface area contributed by atoms with Crippen LogP contribution in [-0.4, -0.2) is 28.1 Å². The zero-order chi connectivity index (χ0) is 23.5. The smallest absolute Gasteiger partial charge is 0.323 e. The summed E-state index contributed by atoms with van der Waals surface area (Å²) in [6.07, 6.45) is 2.26. The van der Waals surface area contributed by atoms with Crippen LogP contribution < -0.4 is 5.32 Å². The molecule has 0 saturated heterocycles. The van der Waals surface area contributed by atoms with Crippen LogP contribution in [0.1, 0.15) is 34.7 Å². The quantitative estimate of drug-likeness (QED) is 0.375. The Kier molecular flexibility index (Phi) is 6.18. The van der Waals surface area contributed by atoms with Gasteiger partial charge in [-0.2, -0.15) is 0 Å². The first-order valence-corrected chi connectivity index (χ1v) is 12.1. The molecule has 3 heterocycles. The molecule has 4 aromatic rings. The highest BCUT2D eigenvalue weighted by atomic mass is 32.1. The summed E-state index contributed by atoms with van der Waals surface area (Å²) < 4.78 is 7.19. The Morgan fingerprint density at radius 1 is 1.03 bits per heavy atom. The van der Waals surface area contributed by atoms with Gasteiger partial charge in [0.15, 0.2) is 0 Å². The number of benzene rings is 2. The first-order valence-electron chi connectivity index (χ1n) is 11.2. The van der Waals surface area contributed by atoms with Crippen molar-refractivity contribution in [1.82, 2.24) is 9.47 Å². The summed E-state index contributed by atoms with van der Waals surface area (Å²) in [4.78, 5) is 28.4. The van der Waals surface area contributed by atoms with Crippen molar-refractivity contribution in [2.24, 2.45) is 0 Å². The monoisotopic (exact) mass is 471 g/mol. The molecule has 7 heteroatoms. The molecule has 0 saturated carbocycles. The first kappa shape index (κ1) is 22.0. The van der Waals surface area contributed by atoms with Crippen LogP contribution in [0.3, 0.4) is 0 Å². The number of nitrogens with zero attached hydrogens (tertiary/aromatic N) is 2. The van der Waals surface area contributed by atoms with Crippen LogP contribution in [0.15, 0.2) is 84.4 Å². The second kappa shape index (κ2) is 9.57. The molecular weight excluding hydrogens is 446 g/mol. The maximum absolute atomic E-state index is 13.7. The van der Waals surface area contributed by atoms with Crippen molar-refractivity contribution in [2.45, 2.75) is 25.9 Å². The lowest BCUT2D eigenvalue weighted by Gasteiger charge is -2.30. The van der Waals surface area contributed by atoms with Crippen LogP contribution in [0.2, 0.25) is 0 Å². The van der Waals surface area contributed by atoms with Gasteiger partial charge in [-0.25, -0.2) is 4.79 Å². The summed E-state index contributed by atoms with van der Waals surface area (Å²) in [7, 11) is 0. The third-order valence-corrected chi connectivity index (χ3v) is 6.82. The summed E-state index contributed by atoms with van der Waals surface area (Å²) in [6, 6.07) is 23.3. The average molecular weight is 472 g/mol. The summed E-state index contributed by atoms with van der Waals surface area (Å²) in [5.41, 5.74) is 4.74. The van der Waals surface area contributed by atoms with Gasteiger partial charge in [0.25, 0.3) is 0 Å². The molecule has 0 spiro atoms. The van der Waals surface area contributed by atoms with E-state index in [0.717, 1.165) is 27.4 Å². The number of carbonyl (C=O) groups excluding carboxylic acids is 2. The third kappa shape index (κ3) is 4.34. The molecule has 1 aliphatic heterocycles. The molecule has 0 fully saturated rings. The zero-order valence-corrected chi connectivity index (χ0v) is 19.6. The fourth-order valence-corrected chi connectivity index (χ4v) is 5.21. The van der Waals surface area contributed by atoms with Crippen molar-refractivity contribution in [3.8, 4) is 5.69 Å². The molecule has 1 N–H and O–H groups in total. The van der Waals surface area contributed by atoms with Gasteiger partial charge < -0.3 is 19.5 Å². The Labute approximate surface area is 202 Å². The van der Waals surface area contributed by atoms with E-state index in [0.29, 0.717) is 18.8 Å². The number of amides is 2. The lowest BCUT2D eigenvalue weighted by atomic mass is 10.1. The van der Waals surface area contributed by atoms with Crippen molar-refractivity contribution in [3.05, 3.63) is 106 Å². The maximum Gasteiger partial charge on any atom is 0.323 e. The minimum atomic E-state index is -0.260. The van der Waals surface area contributed by atoms with Crippen LogP contribution in [0.5, 0.6) is 0 Å². The van der Waals surface area contributed by atoms with E-state index in [4.69, 9.17) is 4.74 Å². The second-order valence-corrected chi connectivity index (χ2v) is 9.07. The van der Waals surface area contributed by atoms with E-state index in [1.54, 1.807) is 18.3 Å². The predicted octanol–water partition coefficient (Wildman–Crippen LogP) is 5.78. The van der Waals surface area contributed by atoms with Crippen LogP contribution in [0.4, 0.5) is 10.5 Å². The zero-order valence-electron chi connectivity index (χ0n) is 18.8. The number of ether oxygens (including phenoxy) is 1. The number of esters is 1. The van der Waals surface area contributed by atoms with E-state index < -0.39 is 0 Å². The summed E-state index contributed by atoms with van der Waals surface area (Å²) in [6.45, 7) is 2.63. The Morgan fingerprint density at radius 2 is 1.85 bits per heavy atom. The minimum Gasteiger partial charge on any atom is -0.466 e. The molecule has 2 amide bonds. The average Bonchev–Trinajstić information content (AvgIpc) is 3.52. The molecule has 5 rings (SSSR count). The normalized spacial score (nSPS) is 14.6. The number of fused-ring (bicyclic) bond motifs is 3. The fraction of sp³-hybridized carbons (Fsp3) is 0.185. The van der Waals surface area contributed by atoms with Gasteiger partial charge in [-0.1, -0.05) is 36.4 Å². The number of anilines is 1. The van der Waals surface area contributed by atoms with Gasteiger partial charge in [-0.3, -0.25) is 4.79 Å². The van der Waals surface area contributed by atoms with E-state index >= 15 is 0 Å². The van der Waals surface area contributed by atoms with Gasteiger partial charge in [0.1, 0.15) is 6.04 Å². The Bertz CT molecular complexity index is 1290. The molecule has 34 heavy (non-hydrogen) atoms. The molecule has 1 atom stereocenters. The van der Waals surface area contributed by atoms with Crippen LogP contribution in [0.25, 0.3) is 5.69 Å². The fourth-order valence-electron chi connectivity index (χ4n) is 4.37. The van der Waals surface area contributed by atoms with Crippen molar-refractivity contribution >= 4 is 29.0 Å². The van der Waals surface area contributed by atoms with Crippen molar-refractivity contribution in [3.63, 3.8) is 0 Å². The maximum atomic E-state index is 13.7. The number of rotatable bonds is 5. The van der Waals surface area contributed by atoms with Gasteiger partial charge in [-0.05, 0) is 59.8 Å². The van der Waals surface area contributed by atoms with Crippen molar-refractivity contribution < 1.29 is 14.3 Å². The van der Waals surface area contributed by atoms with E-state index in [2.05, 4.69) is 40.3 Å². The molecule has 1 unspecified atom stereocenters. The van der Waals surface area contributed by atoms with Gasteiger partial charge in [0, 0.05) is 16.8 Å². The number of carbonyl (C=O) groups is 2. The molecule has 1 aliphatic rings. The highest BCUT2D eigenvalue weighted by Gasteiger charge is 2.33. The highest BCUT2D eigenvalue weighted by molar-refractivity contribution is 7.10. The SMILES string of the molecule is CCOC(=O)Cc1ccc(NC(=O)N2Cc3ccccc3-n3cccc3C2c2cccs2)cc1. The molecule has 6 nitrogen and oxygen atoms in total. The largest absolute Gasteiger partial charge is 0.466 e. The topological polar surface area (TPSA) is 63.6 Å². The van der Waals surface area contributed by atoms with Crippen LogP contribution in [-0.2, 0) is 22.5 Å². The second-order valence-electron chi connectivity index (χ2n) is 8.09. The molecule has 2 aromatic heterocycles. The summed E-state index contributed by atoms with van der Waals surface area (Å²) >= 11 is 1.64. The molecular formula is C27H25N3O3S. The first-order chi connectivity index (χ1) is 16.6. The lowest BCUT2D eigenvalue weighted by molar-refractivity contribution is -0.142. The predicted molar refractivity (Wildman–Crippen MR) is 133 cm³/mol. The van der Waals surface area contributed by atoms with Crippen molar-refractivity contribution in [2.75, 3.05) is 11.9 Å². The molecule has 0 aliphatic carbocycles. The van der Waals surface area contributed by atoms with Gasteiger partial charge >= 0.3 is 12.0 Å². The Balaban J connectivity index is 1.44. The number of thiophene rings is 1. The van der Waals surface area contributed by atoms with Gasteiger partial charge in [-0.15, -0.1) is 11.3 Å². The number of urea groups is 1. The van der Waals surface area contributed by atoms with E-state index in [9.17, 15) is 9.59 Å². The van der Waals surface area contributed by atoms with Gasteiger partial charge in [0.2, 0.25) is 0 Å². The van der Waals surface area contributed by atoms with Gasteiger partial charge in [0.05, 0.1) is 31.0 Å². The number of hydrogen-bond acceptors (Lipinski definition) is 4. The third-order valence-electron chi connectivity index (χ3n) is 5.90. The van der Waals surface area contributed by atoms with E-state index in [-0.39, 0.29) is 24.5 Å². The van der Waals surface area contributed by atoms with Crippen LogP contribution in [0, 0.1) is 0 Å². The van der Waals surface area contributed by atoms with Crippen LogP contribution >= 0.6 is 11.3 Å². The Hall–Kier alpha value is -3.84. The number of hydrogen-bond donors (Lipinski definition) is 1. The summed E-state index contributed by atoms with van der Waals surface area (Å²) in [5.74, 6) is -0.260. The van der Waals surface area contributed by atoms with Crippen molar-refractivity contribution in [1.29, 1.82) is 0 Å². The molecule has 0 radical (unpaired) electrons. The lowest BCUT2D eigenvalue weighted by Crippen LogP contribution is -2.37. The number of para-hydroxylation sites is 1. The number of nitrogens with one attached hydrogen (secondary N) is 1. The molecule has 172 valence electrons. The van der Waals surface area contributed by atoms with E-state index in [1.807, 2.05) is 58.8 Å². The minimum absolute atomic E-state index is 0.180. The molecule has 0 bridgehead atoms. The Morgan fingerprint density at radius 3 is 2.62 bits per heavy atom. The number of aromatic nitrogens is 1.